The number of rotatable bonds is 6. The predicted molar refractivity (Wildman–Crippen MR) is 63.6 cm³/mol. The lowest BCUT2D eigenvalue weighted by Gasteiger charge is -2.24. The van der Waals surface area contributed by atoms with E-state index in [9.17, 15) is 4.79 Å². The lowest BCUT2D eigenvalue weighted by atomic mass is 9.99. The summed E-state index contributed by atoms with van der Waals surface area (Å²) in [7, 11) is 0. The maximum absolute atomic E-state index is 11.1. The quantitative estimate of drug-likeness (QED) is 0.380. The molecular formula is C13H20O2. The molecular weight excluding hydrogens is 188 g/mol. The van der Waals surface area contributed by atoms with Crippen molar-refractivity contribution < 1.29 is 9.53 Å². The molecule has 2 heteroatoms. The highest BCUT2D eigenvalue weighted by Gasteiger charge is 2.22. The van der Waals surface area contributed by atoms with Crippen LogP contribution in [0.1, 0.15) is 33.6 Å². The van der Waals surface area contributed by atoms with Crippen LogP contribution in [0.2, 0.25) is 0 Å². The third-order valence-corrected chi connectivity index (χ3v) is 2.13. The standard InChI is InChI=1S/C13H20O2/c1-6-12(14)15-13(5,7-2)10-8-9-11(3)4/h6-7,9H,1-2,8,10H2,3-5H3. The summed E-state index contributed by atoms with van der Waals surface area (Å²) in [6.45, 7) is 13.0. The van der Waals surface area contributed by atoms with Gasteiger partial charge in [-0.1, -0.05) is 24.8 Å². The second kappa shape index (κ2) is 6.23. The van der Waals surface area contributed by atoms with E-state index in [4.69, 9.17) is 4.74 Å². The molecule has 0 spiro atoms. The first kappa shape index (κ1) is 13.7. The maximum atomic E-state index is 11.1. The molecule has 0 heterocycles. The van der Waals surface area contributed by atoms with Gasteiger partial charge in [0.15, 0.2) is 0 Å². The van der Waals surface area contributed by atoms with Crippen LogP contribution < -0.4 is 0 Å². The Bertz CT molecular complexity index is 272. The Hall–Kier alpha value is -1.31. The first-order valence-electron chi connectivity index (χ1n) is 5.06. The van der Waals surface area contributed by atoms with E-state index in [1.54, 1.807) is 6.08 Å². The summed E-state index contributed by atoms with van der Waals surface area (Å²) in [4.78, 5) is 11.1. The molecule has 0 aliphatic rings. The molecule has 0 amide bonds. The molecule has 0 rings (SSSR count). The van der Waals surface area contributed by atoms with E-state index in [-0.39, 0.29) is 0 Å². The zero-order valence-corrected chi connectivity index (χ0v) is 9.88. The van der Waals surface area contributed by atoms with Crippen LogP contribution >= 0.6 is 0 Å². The second-order valence-electron chi connectivity index (χ2n) is 3.96. The van der Waals surface area contributed by atoms with Crippen molar-refractivity contribution in [2.24, 2.45) is 0 Å². The van der Waals surface area contributed by atoms with Crippen LogP contribution in [0.5, 0.6) is 0 Å². The molecule has 0 aromatic rings. The van der Waals surface area contributed by atoms with Crippen LogP contribution in [-0.2, 0) is 9.53 Å². The van der Waals surface area contributed by atoms with Gasteiger partial charge in [-0.3, -0.25) is 0 Å². The number of allylic oxidation sites excluding steroid dienone is 2. The smallest absolute Gasteiger partial charge is 0.331 e. The molecule has 84 valence electrons. The van der Waals surface area contributed by atoms with Crippen molar-refractivity contribution in [2.45, 2.75) is 39.2 Å². The normalized spacial score (nSPS) is 13.5. The molecule has 0 N–H and O–H groups in total. The average Bonchev–Trinajstić information content (AvgIpc) is 2.17. The Morgan fingerprint density at radius 2 is 2.00 bits per heavy atom. The molecule has 0 aromatic heterocycles. The minimum Gasteiger partial charge on any atom is -0.452 e. The van der Waals surface area contributed by atoms with Crippen LogP contribution in [0.4, 0.5) is 0 Å². The van der Waals surface area contributed by atoms with E-state index in [2.05, 4.69) is 19.2 Å². The molecule has 2 nitrogen and oxygen atoms in total. The molecule has 0 aromatic carbocycles. The molecule has 0 aliphatic carbocycles. The number of ether oxygens (including phenoxy) is 1. The van der Waals surface area contributed by atoms with Crippen molar-refractivity contribution in [3.63, 3.8) is 0 Å². The van der Waals surface area contributed by atoms with Gasteiger partial charge in [0, 0.05) is 6.08 Å². The molecule has 1 atom stereocenters. The maximum Gasteiger partial charge on any atom is 0.331 e. The fourth-order valence-electron chi connectivity index (χ4n) is 1.11. The van der Waals surface area contributed by atoms with Gasteiger partial charge < -0.3 is 4.74 Å². The Balaban J connectivity index is 4.31. The van der Waals surface area contributed by atoms with E-state index in [0.717, 1.165) is 12.8 Å². The van der Waals surface area contributed by atoms with E-state index in [1.807, 2.05) is 20.8 Å². The summed E-state index contributed by atoms with van der Waals surface area (Å²) in [5, 5.41) is 0. The Kier molecular flexibility index (Phi) is 5.68. The van der Waals surface area contributed by atoms with Crippen LogP contribution in [-0.4, -0.2) is 11.6 Å². The van der Waals surface area contributed by atoms with Gasteiger partial charge >= 0.3 is 5.97 Å². The minimum absolute atomic E-state index is 0.408. The number of carbonyl (C=O) groups is 1. The molecule has 0 radical (unpaired) electrons. The Labute approximate surface area is 92.3 Å². The lowest BCUT2D eigenvalue weighted by molar-refractivity contribution is -0.147. The van der Waals surface area contributed by atoms with Crippen LogP contribution in [0.25, 0.3) is 0 Å². The minimum atomic E-state index is -0.600. The topological polar surface area (TPSA) is 26.3 Å². The van der Waals surface area contributed by atoms with Gasteiger partial charge in [-0.2, -0.15) is 0 Å². The van der Waals surface area contributed by atoms with Crippen molar-refractivity contribution in [2.75, 3.05) is 0 Å². The van der Waals surface area contributed by atoms with E-state index < -0.39 is 11.6 Å². The van der Waals surface area contributed by atoms with Gasteiger partial charge in [-0.05, 0) is 39.7 Å². The van der Waals surface area contributed by atoms with Crippen molar-refractivity contribution in [3.05, 3.63) is 37.0 Å². The number of hydrogen-bond donors (Lipinski definition) is 0. The first-order valence-corrected chi connectivity index (χ1v) is 5.06. The molecule has 15 heavy (non-hydrogen) atoms. The second-order valence-corrected chi connectivity index (χ2v) is 3.96. The van der Waals surface area contributed by atoms with Gasteiger partial charge in [-0.25, -0.2) is 4.79 Å². The summed E-state index contributed by atoms with van der Waals surface area (Å²) in [5.74, 6) is -0.408. The van der Waals surface area contributed by atoms with Gasteiger partial charge in [0.05, 0.1) is 0 Å². The zero-order chi connectivity index (χ0) is 11.9. The SMILES string of the molecule is C=CC(=O)OC(C)(C=C)CCC=C(C)C. The highest BCUT2D eigenvalue weighted by molar-refractivity contribution is 5.81. The summed E-state index contributed by atoms with van der Waals surface area (Å²) < 4.78 is 5.21. The number of carbonyl (C=O) groups excluding carboxylic acids is 1. The Morgan fingerprint density at radius 1 is 1.40 bits per heavy atom. The van der Waals surface area contributed by atoms with E-state index in [1.165, 1.54) is 11.6 Å². The fraction of sp³-hybridized carbons (Fsp3) is 0.462. The van der Waals surface area contributed by atoms with Gasteiger partial charge in [0.2, 0.25) is 0 Å². The fourth-order valence-corrected chi connectivity index (χ4v) is 1.11. The van der Waals surface area contributed by atoms with E-state index >= 15 is 0 Å². The van der Waals surface area contributed by atoms with Crippen molar-refractivity contribution in [3.8, 4) is 0 Å². The summed E-state index contributed by atoms with van der Waals surface area (Å²) in [6.07, 6.45) is 6.55. The average molecular weight is 208 g/mol. The van der Waals surface area contributed by atoms with Crippen LogP contribution in [0.15, 0.2) is 37.0 Å². The van der Waals surface area contributed by atoms with Crippen LogP contribution in [0, 0.1) is 0 Å². The number of esters is 1. The molecule has 0 fully saturated rings. The van der Waals surface area contributed by atoms with Crippen LogP contribution in [0.3, 0.4) is 0 Å². The number of hydrogen-bond acceptors (Lipinski definition) is 2. The molecule has 0 aliphatic heterocycles. The molecule has 0 saturated heterocycles. The predicted octanol–water partition coefficient (Wildman–Crippen LogP) is 3.41. The van der Waals surface area contributed by atoms with Crippen molar-refractivity contribution >= 4 is 5.97 Å². The van der Waals surface area contributed by atoms with Gasteiger partial charge in [0.25, 0.3) is 0 Å². The summed E-state index contributed by atoms with van der Waals surface area (Å²) in [6, 6.07) is 0. The third kappa shape index (κ3) is 5.89. The highest BCUT2D eigenvalue weighted by Crippen LogP contribution is 2.20. The monoisotopic (exact) mass is 208 g/mol. The van der Waals surface area contributed by atoms with E-state index in [0.29, 0.717) is 0 Å². The largest absolute Gasteiger partial charge is 0.452 e. The third-order valence-electron chi connectivity index (χ3n) is 2.13. The van der Waals surface area contributed by atoms with Gasteiger partial charge in [0.1, 0.15) is 5.60 Å². The Morgan fingerprint density at radius 3 is 2.40 bits per heavy atom. The molecule has 0 bridgehead atoms. The molecule has 0 saturated carbocycles. The highest BCUT2D eigenvalue weighted by atomic mass is 16.6. The van der Waals surface area contributed by atoms with Gasteiger partial charge in [-0.15, -0.1) is 0 Å². The summed E-state index contributed by atoms with van der Waals surface area (Å²) in [5.41, 5.74) is 0.661. The molecule has 1 unspecified atom stereocenters. The van der Waals surface area contributed by atoms with Crippen molar-refractivity contribution in [1.29, 1.82) is 0 Å². The van der Waals surface area contributed by atoms with Crippen molar-refractivity contribution in [1.82, 2.24) is 0 Å². The zero-order valence-electron chi connectivity index (χ0n) is 9.88. The first-order chi connectivity index (χ1) is 6.93. The lowest BCUT2D eigenvalue weighted by Crippen LogP contribution is -2.28. The summed E-state index contributed by atoms with van der Waals surface area (Å²) >= 11 is 0.